The van der Waals surface area contributed by atoms with Crippen molar-refractivity contribution in [2.24, 2.45) is 0 Å². The number of nitrogens with zero attached hydrogens (tertiary/aromatic N) is 1. The average Bonchev–Trinajstić information content (AvgIpc) is 3.27. The molecule has 36 heavy (non-hydrogen) atoms. The number of benzene rings is 2. The molecule has 0 radical (unpaired) electrons. The van der Waals surface area contributed by atoms with Gasteiger partial charge in [-0.05, 0) is 56.2 Å². The molecular weight excluding hydrogens is 511 g/mol. The third-order valence-corrected chi connectivity index (χ3v) is 7.58. The van der Waals surface area contributed by atoms with Crippen LogP contribution in [-0.2, 0) is 34.5 Å². The van der Waals surface area contributed by atoms with Gasteiger partial charge < -0.3 is 14.6 Å². The van der Waals surface area contributed by atoms with E-state index < -0.39 is 23.8 Å². The number of aryl methyl sites for hydroxylation is 1. The van der Waals surface area contributed by atoms with Crippen molar-refractivity contribution in [2.45, 2.75) is 63.1 Å². The Labute approximate surface area is 216 Å². The van der Waals surface area contributed by atoms with E-state index in [0.717, 1.165) is 40.3 Å². The summed E-state index contributed by atoms with van der Waals surface area (Å²) in [6.07, 6.45) is -3.43. The Hall–Kier alpha value is -2.56. The molecule has 0 aliphatic carbocycles. The van der Waals surface area contributed by atoms with Crippen LogP contribution < -0.4 is 4.74 Å². The van der Waals surface area contributed by atoms with Crippen molar-refractivity contribution < 1.29 is 32.5 Å². The van der Waals surface area contributed by atoms with Gasteiger partial charge in [-0.25, -0.2) is 9.78 Å². The molecule has 2 aromatic carbocycles. The largest absolute Gasteiger partial charge is 0.479 e. The maximum Gasteiger partial charge on any atom is 0.416 e. The Morgan fingerprint density at radius 1 is 1.17 bits per heavy atom. The molecule has 1 heterocycles. The monoisotopic (exact) mass is 539 g/mol. The highest BCUT2D eigenvalue weighted by Gasteiger charge is 2.30. The van der Waals surface area contributed by atoms with Gasteiger partial charge in [-0.2, -0.15) is 13.2 Å². The Kier molecular flexibility index (Phi) is 9.81. The summed E-state index contributed by atoms with van der Waals surface area (Å²) in [7, 11) is 0. The maximum atomic E-state index is 12.9. The van der Waals surface area contributed by atoms with Gasteiger partial charge in [0.25, 0.3) is 0 Å². The quantitative estimate of drug-likeness (QED) is 0.211. The number of carbonyl (C=O) groups is 1. The molecule has 10 heteroatoms. The number of thiazole rings is 1. The maximum absolute atomic E-state index is 12.9. The van der Waals surface area contributed by atoms with Gasteiger partial charge in [0.15, 0.2) is 6.10 Å². The highest BCUT2D eigenvalue weighted by Crippen LogP contribution is 2.36. The third-order valence-electron chi connectivity index (χ3n) is 5.23. The van der Waals surface area contributed by atoms with Crippen molar-refractivity contribution in [3.8, 4) is 16.3 Å². The van der Waals surface area contributed by atoms with Crippen LogP contribution in [0.5, 0.6) is 5.75 Å². The van der Waals surface area contributed by atoms with E-state index in [2.05, 4.69) is 11.9 Å². The van der Waals surface area contributed by atoms with Crippen molar-refractivity contribution in [1.82, 2.24) is 4.98 Å². The fourth-order valence-corrected chi connectivity index (χ4v) is 5.56. The Bertz CT molecular complexity index is 1160. The lowest BCUT2D eigenvalue weighted by atomic mass is 10.1. The number of carbonyl (C=O) groups excluding carboxylic acids is 1. The number of alkyl halides is 3. The van der Waals surface area contributed by atoms with Gasteiger partial charge in [-0.15, -0.1) is 23.1 Å². The predicted molar refractivity (Wildman–Crippen MR) is 135 cm³/mol. The molecule has 1 unspecified atom stereocenters. The second-order valence-corrected chi connectivity index (χ2v) is 10.1. The summed E-state index contributed by atoms with van der Waals surface area (Å²) in [5.41, 5.74) is 1.35. The van der Waals surface area contributed by atoms with E-state index in [9.17, 15) is 23.1 Å². The predicted octanol–water partition coefficient (Wildman–Crippen LogP) is 6.90. The first-order chi connectivity index (χ1) is 17.2. The number of halogens is 3. The van der Waals surface area contributed by atoms with Crippen molar-refractivity contribution >= 4 is 29.1 Å². The van der Waals surface area contributed by atoms with Crippen LogP contribution in [0, 0.1) is 0 Å². The number of ether oxygens (including phenoxy) is 2. The standard InChI is InChI=1S/C26H28F3NO4S2/c1-4-6-18-13-20(11-12-22(18)34-16(3)25(32)33-5-2)35-15-23-21(14-31)30-24(36-23)17-7-9-19(10-8-17)26(27,28)29/h7-13,16,31H,4-6,14-15H2,1-3H3. The van der Waals surface area contributed by atoms with E-state index >= 15 is 0 Å². The van der Waals surface area contributed by atoms with Crippen molar-refractivity contribution in [3.63, 3.8) is 0 Å². The van der Waals surface area contributed by atoms with Gasteiger partial charge in [0.2, 0.25) is 0 Å². The molecule has 0 aliphatic heterocycles. The molecule has 0 saturated carbocycles. The summed E-state index contributed by atoms with van der Waals surface area (Å²) < 4.78 is 49.5. The number of esters is 1. The zero-order chi connectivity index (χ0) is 26.3. The molecule has 0 amide bonds. The number of hydrogen-bond donors (Lipinski definition) is 1. The third kappa shape index (κ3) is 7.24. The molecule has 3 aromatic rings. The van der Waals surface area contributed by atoms with E-state index in [1.165, 1.54) is 23.5 Å². The lowest BCUT2D eigenvalue weighted by Crippen LogP contribution is -2.26. The van der Waals surface area contributed by atoms with E-state index in [1.807, 2.05) is 18.2 Å². The molecule has 0 aliphatic rings. The number of thioether (sulfide) groups is 1. The van der Waals surface area contributed by atoms with Crippen LogP contribution in [0.3, 0.4) is 0 Å². The summed E-state index contributed by atoms with van der Waals surface area (Å²) >= 11 is 2.92. The van der Waals surface area contributed by atoms with Crippen molar-refractivity contribution in [3.05, 3.63) is 64.2 Å². The summed E-state index contributed by atoms with van der Waals surface area (Å²) in [6.45, 7) is 5.50. The normalized spacial score (nSPS) is 12.4. The van der Waals surface area contributed by atoms with Crippen LogP contribution in [0.15, 0.2) is 47.4 Å². The number of aromatic nitrogens is 1. The Balaban J connectivity index is 1.74. The fourth-order valence-electron chi connectivity index (χ4n) is 3.42. The highest BCUT2D eigenvalue weighted by molar-refractivity contribution is 7.98. The van der Waals surface area contributed by atoms with Crippen LogP contribution in [0.1, 0.15) is 48.9 Å². The molecule has 3 rings (SSSR count). The van der Waals surface area contributed by atoms with E-state index in [0.29, 0.717) is 27.8 Å². The minimum Gasteiger partial charge on any atom is -0.479 e. The molecule has 0 fully saturated rings. The molecule has 1 atom stereocenters. The minimum absolute atomic E-state index is 0.257. The molecule has 1 aromatic heterocycles. The Morgan fingerprint density at radius 3 is 2.50 bits per heavy atom. The van der Waals surface area contributed by atoms with Crippen molar-refractivity contribution in [2.75, 3.05) is 6.61 Å². The van der Waals surface area contributed by atoms with Gasteiger partial charge in [-0.3, -0.25) is 0 Å². The zero-order valence-corrected chi connectivity index (χ0v) is 21.9. The zero-order valence-electron chi connectivity index (χ0n) is 20.2. The second-order valence-electron chi connectivity index (χ2n) is 7.94. The molecule has 0 spiro atoms. The lowest BCUT2D eigenvalue weighted by Gasteiger charge is -2.17. The van der Waals surface area contributed by atoms with Crippen LogP contribution in [0.4, 0.5) is 13.2 Å². The van der Waals surface area contributed by atoms with Crippen LogP contribution in [-0.4, -0.2) is 28.8 Å². The number of aliphatic hydroxyl groups excluding tert-OH is 1. The topological polar surface area (TPSA) is 68.7 Å². The van der Waals surface area contributed by atoms with E-state index in [4.69, 9.17) is 9.47 Å². The number of rotatable bonds is 11. The summed E-state index contributed by atoms with van der Waals surface area (Å²) in [4.78, 5) is 18.2. The summed E-state index contributed by atoms with van der Waals surface area (Å²) in [5, 5.41) is 10.3. The number of hydrogen-bond acceptors (Lipinski definition) is 7. The Morgan fingerprint density at radius 2 is 1.89 bits per heavy atom. The van der Waals surface area contributed by atoms with Gasteiger partial charge in [-0.1, -0.05) is 25.5 Å². The average molecular weight is 540 g/mol. The SMILES string of the molecule is CCCc1cc(SCc2sc(-c3ccc(C(F)(F)F)cc3)nc2CO)ccc1OC(C)C(=O)OCC. The first kappa shape index (κ1) is 28.0. The molecule has 194 valence electrons. The highest BCUT2D eigenvalue weighted by atomic mass is 32.2. The molecule has 5 nitrogen and oxygen atoms in total. The number of aliphatic hydroxyl groups is 1. The van der Waals surface area contributed by atoms with Crippen LogP contribution >= 0.6 is 23.1 Å². The lowest BCUT2D eigenvalue weighted by molar-refractivity contribution is -0.150. The second kappa shape index (κ2) is 12.6. The summed E-state index contributed by atoms with van der Waals surface area (Å²) in [5.74, 6) is 0.767. The fraction of sp³-hybridized carbons (Fsp3) is 0.385. The van der Waals surface area contributed by atoms with Crippen LogP contribution in [0.25, 0.3) is 10.6 Å². The smallest absolute Gasteiger partial charge is 0.416 e. The van der Waals surface area contributed by atoms with Gasteiger partial charge in [0.1, 0.15) is 10.8 Å². The molecule has 0 saturated heterocycles. The van der Waals surface area contributed by atoms with E-state index in [-0.39, 0.29) is 13.2 Å². The van der Waals surface area contributed by atoms with Crippen LogP contribution in [0.2, 0.25) is 0 Å². The van der Waals surface area contributed by atoms with Crippen molar-refractivity contribution in [1.29, 1.82) is 0 Å². The molecular formula is C26H28F3NO4S2. The van der Waals surface area contributed by atoms with Gasteiger partial charge >= 0.3 is 12.1 Å². The summed E-state index contributed by atoms with van der Waals surface area (Å²) in [6, 6.07) is 10.6. The van der Waals surface area contributed by atoms with Gasteiger partial charge in [0, 0.05) is 21.1 Å². The first-order valence-electron chi connectivity index (χ1n) is 11.5. The molecule has 1 N–H and O–H groups in total. The minimum atomic E-state index is -4.40. The van der Waals surface area contributed by atoms with Gasteiger partial charge in [0.05, 0.1) is 24.5 Å². The molecule has 0 bridgehead atoms. The first-order valence-corrected chi connectivity index (χ1v) is 13.3. The van der Waals surface area contributed by atoms with E-state index in [1.54, 1.807) is 25.6 Å².